The van der Waals surface area contributed by atoms with Crippen molar-refractivity contribution < 1.29 is 18.7 Å². The standard InChI is InChI=1S/C18H19FN2O3/c1-24-11-5-10-20-17(22)13-6-4-7-14(12-13)21-18(23)15-8-2-3-9-16(15)19/h2-4,6-9,12H,5,10-11H2,1H3,(H,20,22)(H,21,23). The number of hydrogen-bond donors (Lipinski definition) is 2. The second kappa shape index (κ2) is 8.79. The van der Waals surface area contributed by atoms with Gasteiger partial charge in [0.25, 0.3) is 11.8 Å². The largest absolute Gasteiger partial charge is 0.385 e. The smallest absolute Gasteiger partial charge is 0.258 e. The van der Waals surface area contributed by atoms with E-state index in [1.807, 2.05) is 0 Å². The molecule has 0 saturated carbocycles. The maximum Gasteiger partial charge on any atom is 0.258 e. The van der Waals surface area contributed by atoms with Crippen molar-refractivity contribution >= 4 is 17.5 Å². The predicted octanol–water partition coefficient (Wildman–Crippen LogP) is 2.84. The lowest BCUT2D eigenvalue weighted by molar-refractivity contribution is 0.0947. The van der Waals surface area contributed by atoms with Crippen molar-refractivity contribution in [1.29, 1.82) is 0 Å². The normalized spacial score (nSPS) is 10.2. The highest BCUT2D eigenvalue weighted by Gasteiger charge is 2.12. The second-order valence-corrected chi connectivity index (χ2v) is 5.12. The van der Waals surface area contributed by atoms with E-state index in [9.17, 15) is 14.0 Å². The fraction of sp³-hybridized carbons (Fsp3) is 0.222. The van der Waals surface area contributed by atoms with E-state index >= 15 is 0 Å². The Kier molecular flexibility index (Phi) is 6.45. The van der Waals surface area contributed by atoms with Gasteiger partial charge in [0.05, 0.1) is 5.56 Å². The van der Waals surface area contributed by atoms with Crippen LogP contribution in [0.2, 0.25) is 0 Å². The second-order valence-electron chi connectivity index (χ2n) is 5.12. The molecule has 2 amide bonds. The lowest BCUT2D eigenvalue weighted by Crippen LogP contribution is -2.25. The van der Waals surface area contributed by atoms with Crippen LogP contribution in [0, 0.1) is 5.82 Å². The van der Waals surface area contributed by atoms with Crippen molar-refractivity contribution in [3.8, 4) is 0 Å². The molecule has 0 saturated heterocycles. The molecule has 5 nitrogen and oxygen atoms in total. The van der Waals surface area contributed by atoms with Crippen LogP contribution < -0.4 is 10.6 Å². The van der Waals surface area contributed by atoms with Gasteiger partial charge in [-0.3, -0.25) is 9.59 Å². The van der Waals surface area contributed by atoms with Crippen LogP contribution in [0.1, 0.15) is 27.1 Å². The zero-order valence-electron chi connectivity index (χ0n) is 13.3. The van der Waals surface area contributed by atoms with E-state index in [0.717, 1.165) is 0 Å². The first-order valence-corrected chi connectivity index (χ1v) is 7.55. The molecule has 0 radical (unpaired) electrons. The Bertz CT molecular complexity index is 719. The van der Waals surface area contributed by atoms with Gasteiger partial charge in [-0.15, -0.1) is 0 Å². The molecule has 2 rings (SSSR count). The van der Waals surface area contributed by atoms with Crippen molar-refractivity contribution in [2.75, 3.05) is 25.6 Å². The van der Waals surface area contributed by atoms with Gasteiger partial charge in [0.1, 0.15) is 5.82 Å². The molecule has 6 heteroatoms. The van der Waals surface area contributed by atoms with Crippen LogP contribution in [-0.4, -0.2) is 32.1 Å². The third-order valence-electron chi connectivity index (χ3n) is 3.31. The Morgan fingerprint density at radius 1 is 1.08 bits per heavy atom. The van der Waals surface area contributed by atoms with Crippen LogP contribution in [0.4, 0.5) is 10.1 Å². The highest BCUT2D eigenvalue weighted by molar-refractivity contribution is 6.05. The summed E-state index contributed by atoms with van der Waals surface area (Å²) in [4.78, 5) is 24.1. The van der Waals surface area contributed by atoms with Crippen molar-refractivity contribution in [3.05, 3.63) is 65.5 Å². The Morgan fingerprint density at radius 3 is 2.62 bits per heavy atom. The highest BCUT2D eigenvalue weighted by Crippen LogP contribution is 2.14. The van der Waals surface area contributed by atoms with E-state index in [4.69, 9.17) is 4.74 Å². The number of hydrogen-bond acceptors (Lipinski definition) is 3. The molecule has 2 aromatic rings. The lowest BCUT2D eigenvalue weighted by Gasteiger charge is -2.09. The number of anilines is 1. The summed E-state index contributed by atoms with van der Waals surface area (Å²) in [5.41, 5.74) is 0.790. The summed E-state index contributed by atoms with van der Waals surface area (Å²) in [5, 5.41) is 5.36. The molecular weight excluding hydrogens is 311 g/mol. The SMILES string of the molecule is COCCCNC(=O)c1cccc(NC(=O)c2ccccc2F)c1. The van der Waals surface area contributed by atoms with Crippen molar-refractivity contribution in [3.63, 3.8) is 0 Å². The maximum absolute atomic E-state index is 13.6. The first kappa shape index (κ1) is 17.6. The van der Waals surface area contributed by atoms with Gasteiger partial charge in [-0.2, -0.15) is 0 Å². The zero-order chi connectivity index (χ0) is 17.4. The summed E-state index contributed by atoms with van der Waals surface area (Å²) in [5.74, 6) is -1.40. The minimum Gasteiger partial charge on any atom is -0.385 e. The van der Waals surface area contributed by atoms with Crippen LogP contribution in [0.5, 0.6) is 0 Å². The first-order valence-electron chi connectivity index (χ1n) is 7.55. The van der Waals surface area contributed by atoms with E-state index in [0.29, 0.717) is 30.8 Å². The van der Waals surface area contributed by atoms with Crippen LogP contribution in [-0.2, 0) is 4.74 Å². The average Bonchev–Trinajstić information content (AvgIpc) is 2.59. The van der Waals surface area contributed by atoms with Gasteiger partial charge < -0.3 is 15.4 Å². The van der Waals surface area contributed by atoms with Gasteiger partial charge in [-0.05, 0) is 36.8 Å². The van der Waals surface area contributed by atoms with E-state index < -0.39 is 11.7 Å². The number of methoxy groups -OCH3 is 1. The van der Waals surface area contributed by atoms with E-state index in [-0.39, 0.29) is 11.5 Å². The maximum atomic E-state index is 13.6. The molecule has 2 aromatic carbocycles. The number of rotatable bonds is 7. The number of amides is 2. The van der Waals surface area contributed by atoms with E-state index in [2.05, 4.69) is 10.6 Å². The summed E-state index contributed by atoms with van der Waals surface area (Å²) in [6.45, 7) is 1.07. The average molecular weight is 330 g/mol. The van der Waals surface area contributed by atoms with Crippen LogP contribution in [0.15, 0.2) is 48.5 Å². The molecule has 0 spiro atoms. The van der Waals surface area contributed by atoms with Crippen molar-refractivity contribution in [2.24, 2.45) is 0 Å². The monoisotopic (exact) mass is 330 g/mol. The third-order valence-corrected chi connectivity index (χ3v) is 3.31. The topological polar surface area (TPSA) is 67.4 Å². The summed E-state index contributed by atoms with van der Waals surface area (Å²) in [6, 6.07) is 12.2. The molecule has 126 valence electrons. The number of benzene rings is 2. The Morgan fingerprint density at radius 2 is 1.88 bits per heavy atom. The molecule has 0 aromatic heterocycles. The van der Waals surface area contributed by atoms with Gasteiger partial charge in [0.15, 0.2) is 0 Å². The molecule has 0 heterocycles. The fourth-order valence-electron chi connectivity index (χ4n) is 2.10. The molecule has 0 bridgehead atoms. The van der Waals surface area contributed by atoms with Crippen LogP contribution in [0.3, 0.4) is 0 Å². The molecule has 0 fully saturated rings. The summed E-state index contributed by atoms with van der Waals surface area (Å²) in [6.07, 6.45) is 0.714. The van der Waals surface area contributed by atoms with Crippen molar-refractivity contribution in [1.82, 2.24) is 5.32 Å². The number of carbonyl (C=O) groups is 2. The number of carbonyl (C=O) groups excluding carboxylic acids is 2. The minimum absolute atomic E-state index is 0.0491. The molecule has 0 aliphatic heterocycles. The highest BCUT2D eigenvalue weighted by atomic mass is 19.1. The quantitative estimate of drug-likeness (QED) is 0.767. The third kappa shape index (κ3) is 4.89. The molecule has 2 N–H and O–H groups in total. The predicted molar refractivity (Wildman–Crippen MR) is 89.6 cm³/mol. The van der Waals surface area contributed by atoms with E-state index in [1.165, 1.54) is 18.2 Å². The molecule has 0 aliphatic rings. The van der Waals surface area contributed by atoms with Crippen LogP contribution >= 0.6 is 0 Å². The molecular formula is C18H19FN2O3. The summed E-state index contributed by atoms with van der Waals surface area (Å²) in [7, 11) is 1.60. The van der Waals surface area contributed by atoms with Gasteiger partial charge in [-0.1, -0.05) is 18.2 Å². The lowest BCUT2D eigenvalue weighted by atomic mass is 10.1. The number of ether oxygens (including phenoxy) is 1. The first-order chi connectivity index (χ1) is 11.6. The molecule has 0 unspecified atom stereocenters. The zero-order valence-corrected chi connectivity index (χ0v) is 13.3. The van der Waals surface area contributed by atoms with Gasteiger partial charge in [0.2, 0.25) is 0 Å². The fourth-order valence-corrected chi connectivity index (χ4v) is 2.10. The molecule has 24 heavy (non-hydrogen) atoms. The molecule has 0 aliphatic carbocycles. The summed E-state index contributed by atoms with van der Waals surface area (Å²) < 4.78 is 18.5. The van der Waals surface area contributed by atoms with Crippen LogP contribution in [0.25, 0.3) is 0 Å². The van der Waals surface area contributed by atoms with Gasteiger partial charge in [0, 0.05) is 31.5 Å². The Hall–Kier alpha value is -2.73. The number of halogens is 1. The minimum atomic E-state index is -0.595. The van der Waals surface area contributed by atoms with Gasteiger partial charge in [-0.25, -0.2) is 4.39 Å². The number of nitrogens with one attached hydrogen (secondary N) is 2. The van der Waals surface area contributed by atoms with E-state index in [1.54, 1.807) is 37.4 Å². The Balaban J connectivity index is 2.01. The Labute approximate surface area is 139 Å². The summed E-state index contributed by atoms with van der Waals surface area (Å²) >= 11 is 0. The molecule has 0 atom stereocenters. The van der Waals surface area contributed by atoms with Gasteiger partial charge >= 0.3 is 0 Å². The van der Waals surface area contributed by atoms with Crippen molar-refractivity contribution in [2.45, 2.75) is 6.42 Å².